The van der Waals surface area contributed by atoms with Gasteiger partial charge in [0.15, 0.2) is 0 Å². The molecule has 1 saturated heterocycles. The lowest BCUT2D eigenvalue weighted by molar-refractivity contribution is 0.116. The van der Waals surface area contributed by atoms with E-state index in [4.69, 9.17) is 16.0 Å². The number of carbonyl (C=O) groups is 1. The van der Waals surface area contributed by atoms with Gasteiger partial charge in [0.2, 0.25) is 5.89 Å². The summed E-state index contributed by atoms with van der Waals surface area (Å²) in [5.74, 6) is -1.04. The zero-order chi connectivity index (χ0) is 22.8. The van der Waals surface area contributed by atoms with E-state index in [-0.39, 0.29) is 23.5 Å². The fraction of sp³-hybridized carbons (Fsp3) is 0.333. The van der Waals surface area contributed by atoms with E-state index in [0.29, 0.717) is 36.0 Å². The van der Waals surface area contributed by atoms with Crippen LogP contribution in [0.15, 0.2) is 40.9 Å². The monoisotopic (exact) mass is 465 g/mol. The molecule has 2 aromatic heterocycles. The van der Waals surface area contributed by atoms with Crippen LogP contribution < -0.4 is 4.90 Å². The first-order chi connectivity index (χ1) is 15.3. The number of halogens is 4. The van der Waals surface area contributed by atoms with Crippen LogP contribution in [0.3, 0.4) is 0 Å². The number of amides is 2. The van der Waals surface area contributed by atoms with Gasteiger partial charge in [-0.05, 0) is 42.7 Å². The molecule has 0 N–H and O–H groups in total. The Labute approximate surface area is 186 Å². The Bertz CT molecular complexity index is 1110. The van der Waals surface area contributed by atoms with Crippen LogP contribution in [0.4, 0.5) is 23.7 Å². The van der Waals surface area contributed by atoms with Crippen LogP contribution in [0, 0.1) is 11.7 Å². The van der Waals surface area contributed by atoms with Crippen molar-refractivity contribution in [1.29, 1.82) is 0 Å². The average Bonchev–Trinajstić information content (AvgIpc) is 3.44. The highest BCUT2D eigenvalue weighted by Gasteiger charge is 2.29. The molecule has 1 aromatic carbocycles. The molecule has 11 heteroatoms. The van der Waals surface area contributed by atoms with Crippen molar-refractivity contribution in [2.24, 2.45) is 5.92 Å². The molecule has 4 rings (SSSR count). The summed E-state index contributed by atoms with van der Waals surface area (Å²) >= 11 is 5.94. The molecular formula is C21H19ClF3N5O2. The van der Waals surface area contributed by atoms with Gasteiger partial charge in [-0.2, -0.15) is 8.78 Å². The minimum atomic E-state index is -2.86. The van der Waals surface area contributed by atoms with Gasteiger partial charge in [0.25, 0.3) is 5.89 Å². The first kappa shape index (κ1) is 22.1. The van der Waals surface area contributed by atoms with Gasteiger partial charge in [-0.3, -0.25) is 9.88 Å². The largest absolute Gasteiger partial charge is 0.415 e. The molecule has 1 aliphatic rings. The van der Waals surface area contributed by atoms with E-state index in [0.717, 1.165) is 6.42 Å². The van der Waals surface area contributed by atoms with E-state index < -0.39 is 18.1 Å². The average molecular weight is 466 g/mol. The van der Waals surface area contributed by atoms with Crippen LogP contribution in [0.5, 0.6) is 0 Å². The quantitative estimate of drug-likeness (QED) is 0.509. The first-order valence-electron chi connectivity index (χ1n) is 9.90. The maximum absolute atomic E-state index is 13.7. The molecule has 2 amide bonds. The molecule has 0 aliphatic carbocycles. The van der Waals surface area contributed by atoms with Crippen molar-refractivity contribution in [3.05, 3.63) is 59.0 Å². The Balaban J connectivity index is 1.58. The second-order valence-electron chi connectivity index (χ2n) is 7.59. The summed E-state index contributed by atoms with van der Waals surface area (Å²) in [6, 6.07) is 7.06. The van der Waals surface area contributed by atoms with Crippen molar-refractivity contribution in [1.82, 2.24) is 20.1 Å². The molecule has 0 spiro atoms. The number of pyridine rings is 1. The fourth-order valence-electron chi connectivity index (χ4n) is 3.45. The predicted molar refractivity (Wildman–Crippen MR) is 111 cm³/mol. The predicted octanol–water partition coefficient (Wildman–Crippen LogP) is 5.33. The van der Waals surface area contributed by atoms with Crippen LogP contribution in [-0.4, -0.2) is 39.2 Å². The highest BCUT2D eigenvalue weighted by atomic mass is 35.5. The third kappa shape index (κ3) is 4.69. The van der Waals surface area contributed by atoms with E-state index >= 15 is 0 Å². The van der Waals surface area contributed by atoms with Crippen molar-refractivity contribution in [3.8, 4) is 11.5 Å². The molecule has 0 bridgehead atoms. The first-order valence-corrected chi connectivity index (χ1v) is 10.3. The lowest BCUT2D eigenvalue weighted by Gasteiger charge is -2.28. The van der Waals surface area contributed by atoms with Gasteiger partial charge < -0.3 is 9.32 Å². The number of alkyl halides is 2. The second kappa shape index (κ2) is 9.15. The second-order valence-corrected chi connectivity index (χ2v) is 8.00. The third-order valence-electron chi connectivity index (χ3n) is 5.16. The maximum atomic E-state index is 13.7. The molecule has 7 nitrogen and oxygen atoms in total. The molecule has 1 atom stereocenters. The van der Waals surface area contributed by atoms with E-state index in [1.807, 2.05) is 0 Å². The summed E-state index contributed by atoms with van der Waals surface area (Å²) in [6.07, 6.45) is -0.559. The summed E-state index contributed by atoms with van der Waals surface area (Å²) in [6.45, 7) is 3.42. The van der Waals surface area contributed by atoms with Crippen LogP contribution in [0.2, 0.25) is 5.02 Å². The number of aromatic nitrogens is 3. The number of hydrogen-bond acceptors (Lipinski definition) is 5. The molecule has 1 aliphatic heterocycles. The number of carbonyl (C=O) groups excluding carboxylic acids is 1. The summed E-state index contributed by atoms with van der Waals surface area (Å²) in [5.41, 5.74) is 1.32. The number of likely N-dealkylation sites (tertiary alicyclic amines) is 1. The Morgan fingerprint density at radius 2 is 2.12 bits per heavy atom. The highest BCUT2D eigenvalue weighted by Crippen LogP contribution is 2.27. The number of nitrogens with zero attached hydrogens (tertiary/aromatic N) is 5. The minimum Gasteiger partial charge on any atom is -0.415 e. The Kier molecular flexibility index (Phi) is 6.31. The molecule has 32 heavy (non-hydrogen) atoms. The van der Waals surface area contributed by atoms with Crippen LogP contribution in [-0.2, 0) is 6.54 Å². The number of rotatable bonds is 5. The summed E-state index contributed by atoms with van der Waals surface area (Å²) < 4.78 is 43.9. The molecule has 1 fully saturated rings. The number of anilines is 1. The zero-order valence-corrected chi connectivity index (χ0v) is 17.8. The molecular weight excluding hydrogens is 447 g/mol. The van der Waals surface area contributed by atoms with Gasteiger partial charge in [0.05, 0.1) is 22.8 Å². The van der Waals surface area contributed by atoms with Gasteiger partial charge >= 0.3 is 12.5 Å². The smallest absolute Gasteiger partial charge is 0.324 e. The van der Waals surface area contributed by atoms with E-state index in [2.05, 4.69) is 22.1 Å². The van der Waals surface area contributed by atoms with Gasteiger partial charge in [0.1, 0.15) is 5.82 Å². The molecule has 0 saturated carbocycles. The number of benzene rings is 1. The standard InChI is InChI=1S/C21H19ClF3N5O2/c1-12-6-7-29(10-12)21(31)30(15-4-5-17(23)16(22)8-15)11-14-3-2-13(9-26-14)19-27-28-20(32-19)18(24)25/h2-5,8-9,12,18H,6-7,10-11H2,1H3. The van der Waals surface area contributed by atoms with Crippen LogP contribution in [0.1, 0.15) is 31.4 Å². The molecule has 168 valence electrons. The summed E-state index contributed by atoms with van der Waals surface area (Å²) in [5, 5.41) is 6.80. The van der Waals surface area contributed by atoms with Crippen molar-refractivity contribution in [2.75, 3.05) is 18.0 Å². The van der Waals surface area contributed by atoms with E-state index in [9.17, 15) is 18.0 Å². The van der Waals surface area contributed by atoms with E-state index in [1.54, 1.807) is 17.0 Å². The molecule has 3 aromatic rings. The Hall–Kier alpha value is -3.14. The summed E-state index contributed by atoms with van der Waals surface area (Å²) in [4.78, 5) is 20.7. The zero-order valence-electron chi connectivity index (χ0n) is 17.0. The van der Waals surface area contributed by atoms with Crippen molar-refractivity contribution >= 4 is 23.3 Å². The van der Waals surface area contributed by atoms with Gasteiger partial charge in [-0.15, -0.1) is 10.2 Å². The fourth-order valence-corrected chi connectivity index (χ4v) is 3.62. The van der Waals surface area contributed by atoms with E-state index in [1.165, 1.54) is 29.3 Å². The van der Waals surface area contributed by atoms with Crippen LogP contribution >= 0.6 is 11.6 Å². The Morgan fingerprint density at radius 1 is 1.31 bits per heavy atom. The van der Waals surface area contributed by atoms with Gasteiger partial charge in [0, 0.05) is 25.0 Å². The number of hydrogen-bond donors (Lipinski definition) is 0. The SMILES string of the molecule is CC1CCN(C(=O)N(Cc2ccc(-c3nnc(C(F)F)o3)cn2)c2ccc(F)c(Cl)c2)C1. The summed E-state index contributed by atoms with van der Waals surface area (Å²) in [7, 11) is 0. The maximum Gasteiger partial charge on any atom is 0.324 e. The highest BCUT2D eigenvalue weighted by molar-refractivity contribution is 6.31. The lowest BCUT2D eigenvalue weighted by Crippen LogP contribution is -2.42. The van der Waals surface area contributed by atoms with Crippen LogP contribution in [0.25, 0.3) is 11.5 Å². The normalized spacial score (nSPS) is 16.1. The Morgan fingerprint density at radius 3 is 2.72 bits per heavy atom. The molecule has 3 heterocycles. The third-order valence-corrected chi connectivity index (χ3v) is 5.45. The lowest BCUT2D eigenvalue weighted by atomic mass is 10.2. The topological polar surface area (TPSA) is 75.4 Å². The molecule has 0 radical (unpaired) electrons. The minimum absolute atomic E-state index is 0.0800. The molecule has 1 unspecified atom stereocenters. The number of urea groups is 1. The van der Waals surface area contributed by atoms with Gasteiger partial charge in [-0.1, -0.05) is 18.5 Å². The van der Waals surface area contributed by atoms with Gasteiger partial charge in [-0.25, -0.2) is 9.18 Å². The van der Waals surface area contributed by atoms with Crippen molar-refractivity contribution in [3.63, 3.8) is 0 Å². The van der Waals surface area contributed by atoms with Crippen molar-refractivity contribution < 1.29 is 22.4 Å². The van der Waals surface area contributed by atoms with Crippen molar-refractivity contribution in [2.45, 2.75) is 26.3 Å².